The minimum Gasteiger partial charge on any atom is -0.488 e. The number of carbonyl (C=O) groups is 1. The van der Waals surface area contributed by atoms with Crippen LogP contribution in [0.2, 0.25) is 5.02 Å². The quantitative estimate of drug-likeness (QED) is 0.274. The molecule has 2 aromatic rings. The summed E-state index contributed by atoms with van der Waals surface area (Å²) < 4.78 is 17.3. The number of ether oxygens (including phenoxy) is 2. The third kappa shape index (κ3) is 5.02. The second-order valence-corrected chi connectivity index (χ2v) is 6.68. The Balaban J connectivity index is 2.27. The molecule has 26 heavy (non-hydrogen) atoms. The Morgan fingerprint density at radius 3 is 2.81 bits per heavy atom. The number of hydrogen-bond acceptors (Lipinski definition) is 4. The number of benzene rings is 1. The third-order valence-electron chi connectivity index (χ3n) is 3.58. The number of allylic oxidation sites excluding steroid dienone is 3. The van der Waals surface area contributed by atoms with Crippen LogP contribution in [0, 0.1) is 0 Å². The molecule has 0 saturated heterocycles. The summed E-state index contributed by atoms with van der Waals surface area (Å²) in [6, 6.07) is 3.61. The molecule has 0 fully saturated rings. The lowest BCUT2D eigenvalue weighted by Crippen LogP contribution is -2.06. The topological polar surface area (TPSA) is 48.7 Å². The average molecular weight is 440 g/mol. The summed E-state index contributed by atoms with van der Waals surface area (Å²) >= 11 is 9.57. The van der Waals surface area contributed by atoms with Crippen LogP contribution >= 0.6 is 27.5 Å². The maximum Gasteiger partial charge on any atom is 0.310 e. The van der Waals surface area contributed by atoms with Gasteiger partial charge in [-0.05, 0) is 48.0 Å². The van der Waals surface area contributed by atoms with Gasteiger partial charge >= 0.3 is 5.97 Å². The molecule has 0 amide bonds. The molecule has 4 nitrogen and oxygen atoms in total. The molecule has 0 spiro atoms. The van der Waals surface area contributed by atoms with Crippen LogP contribution in [-0.4, -0.2) is 12.6 Å². The fourth-order valence-electron chi connectivity index (χ4n) is 2.41. The zero-order valence-electron chi connectivity index (χ0n) is 14.7. The van der Waals surface area contributed by atoms with E-state index in [1.807, 2.05) is 19.1 Å². The van der Waals surface area contributed by atoms with Gasteiger partial charge in [0.05, 0.1) is 23.8 Å². The number of esters is 1. The Bertz CT molecular complexity index is 864. The maximum absolute atomic E-state index is 11.8. The normalized spacial score (nSPS) is 12.3. The first-order valence-electron chi connectivity index (χ1n) is 8.11. The second-order valence-electron chi connectivity index (χ2n) is 5.39. The van der Waals surface area contributed by atoms with E-state index in [1.54, 1.807) is 31.4 Å². The van der Waals surface area contributed by atoms with Crippen molar-refractivity contribution in [1.82, 2.24) is 0 Å². The molecule has 0 saturated carbocycles. The van der Waals surface area contributed by atoms with Gasteiger partial charge in [-0.1, -0.05) is 30.3 Å². The van der Waals surface area contributed by atoms with Crippen LogP contribution in [0.3, 0.4) is 0 Å². The monoisotopic (exact) mass is 438 g/mol. The molecule has 0 aliphatic rings. The molecule has 2 rings (SSSR count). The number of halogens is 2. The molecular formula is C20H20BrClO4. The van der Waals surface area contributed by atoms with E-state index < -0.39 is 0 Å². The number of furan rings is 1. The van der Waals surface area contributed by atoms with Crippen molar-refractivity contribution in [1.29, 1.82) is 0 Å². The lowest BCUT2D eigenvalue weighted by atomic mass is 10.1. The van der Waals surface area contributed by atoms with Crippen molar-refractivity contribution in [3.8, 4) is 0 Å². The van der Waals surface area contributed by atoms with Gasteiger partial charge in [-0.25, -0.2) is 0 Å². The lowest BCUT2D eigenvalue weighted by molar-refractivity contribution is -0.142. The Morgan fingerprint density at radius 2 is 2.15 bits per heavy atom. The summed E-state index contributed by atoms with van der Waals surface area (Å²) in [4.78, 5) is 11.8. The number of rotatable bonds is 8. The van der Waals surface area contributed by atoms with Crippen LogP contribution in [0.15, 0.2) is 63.4 Å². The first-order chi connectivity index (χ1) is 12.5. The van der Waals surface area contributed by atoms with E-state index in [0.717, 1.165) is 15.4 Å². The molecule has 0 atom stereocenters. The number of hydrogen-bond donors (Lipinski definition) is 0. The van der Waals surface area contributed by atoms with Crippen molar-refractivity contribution in [3.63, 3.8) is 0 Å². The summed E-state index contributed by atoms with van der Waals surface area (Å²) in [5.74, 6) is 0.239. The van der Waals surface area contributed by atoms with Crippen molar-refractivity contribution in [2.75, 3.05) is 6.61 Å². The fourth-order valence-corrected chi connectivity index (χ4v) is 3.31. The van der Waals surface area contributed by atoms with E-state index in [4.69, 9.17) is 25.5 Å². The van der Waals surface area contributed by atoms with E-state index in [-0.39, 0.29) is 19.0 Å². The Kier molecular flexibility index (Phi) is 7.54. The molecule has 1 aromatic heterocycles. The zero-order chi connectivity index (χ0) is 19.1. The van der Waals surface area contributed by atoms with Crippen molar-refractivity contribution in [3.05, 3.63) is 69.6 Å². The highest BCUT2D eigenvalue weighted by Crippen LogP contribution is 2.32. The Morgan fingerprint density at radius 1 is 1.38 bits per heavy atom. The van der Waals surface area contributed by atoms with Crippen LogP contribution in [-0.2, 0) is 20.9 Å². The zero-order valence-corrected chi connectivity index (χ0v) is 17.0. The number of fused-ring (bicyclic) bond motifs is 1. The molecule has 0 bridgehead atoms. The molecule has 0 N–H and O–H groups in total. The molecule has 0 aliphatic carbocycles. The number of carbonyl (C=O) groups excluding carboxylic acids is 1. The Labute approximate surface area is 166 Å². The van der Waals surface area contributed by atoms with Crippen LogP contribution in [0.1, 0.15) is 25.8 Å². The SMILES string of the molecule is C=C/C(CC(=O)OCC)=C(\C=C/C)OCc1coc2c(Br)cc(Cl)cc12. The van der Waals surface area contributed by atoms with Crippen LogP contribution in [0.5, 0.6) is 0 Å². The van der Waals surface area contributed by atoms with Gasteiger partial charge in [-0.3, -0.25) is 4.79 Å². The van der Waals surface area contributed by atoms with Crippen LogP contribution in [0.25, 0.3) is 11.0 Å². The van der Waals surface area contributed by atoms with E-state index in [9.17, 15) is 4.79 Å². The van der Waals surface area contributed by atoms with Crippen molar-refractivity contribution in [2.24, 2.45) is 0 Å². The van der Waals surface area contributed by atoms with E-state index in [2.05, 4.69) is 22.5 Å². The van der Waals surface area contributed by atoms with E-state index in [1.165, 1.54) is 0 Å². The van der Waals surface area contributed by atoms with Crippen molar-refractivity contribution >= 4 is 44.5 Å². The van der Waals surface area contributed by atoms with Gasteiger partial charge in [0.2, 0.25) is 0 Å². The average Bonchev–Trinajstić information content (AvgIpc) is 3.00. The minimum atomic E-state index is -0.322. The molecule has 138 valence electrons. The van der Waals surface area contributed by atoms with Gasteiger partial charge in [0.1, 0.15) is 17.9 Å². The molecule has 1 heterocycles. The predicted octanol–water partition coefficient (Wildman–Crippen LogP) is 6.33. The second kappa shape index (κ2) is 9.64. The van der Waals surface area contributed by atoms with Crippen molar-refractivity contribution in [2.45, 2.75) is 26.9 Å². The van der Waals surface area contributed by atoms with Gasteiger partial charge in [-0.2, -0.15) is 0 Å². The highest BCUT2D eigenvalue weighted by molar-refractivity contribution is 9.10. The van der Waals surface area contributed by atoms with Crippen LogP contribution in [0.4, 0.5) is 0 Å². The van der Waals surface area contributed by atoms with Gasteiger partial charge in [0.15, 0.2) is 0 Å². The lowest BCUT2D eigenvalue weighted by Gasteiger charge is -2.11. The van der Waals surface area contributed by atoms with Gasteiger partial charge in [0.25, 0.3) is 0 Å². The summed E-state index contributed by atoms with van der Waals surface area (Å²) in [6.45, 7) is 8.01. The molecule has 0 radical (unpaired) electrons. The summed E-state index contributed by atoms with van der Waals surface area (Å²) in [6.07, 6.45) is 6.97. The van der Waals surface area contributed by atoms with Gasteiger partial charge in [0, 0.05) is 21.5 Å². The summed E-state index contributed by atoms with van der Waals surface area (Å²) in [5.41, 5.74) is 2.22. The smallest absolute Gasteiger partial charge is 0.310 e. The third-order valence-corrected chi connectivity index (χ3v) is 4.38. The standard InChI is InChI=1S/C20H20BrClO4/c1-4-7-18(13(5-2)8-19(23)24-6-3)25-11-14-12-26-20-16(14)9-15(22)10-17(20)21/h4-5,7,9-10,12H,2,6,8,11H2,1,3H3/b7-4-,18-13-. The first kappa shape index (κ1) is 20.3. The molecular weight excluding hydrogens is 420 g/mol. The fraction of sp³-hybridized carbons (Fsp3) is 0.250. The van der Waals surface area contributed by atoms with Crippen LogP contribution < -0.4 is 0 Å². The Hall–Kier alpha value is -1.98. The molecule has 6 heteroatoms. The first-order valence-corrected chi connectivity index (χ1v) is 9.29. The van der Waals surface area contributed by atoms with E-state index in [0.29, 0.717) is 28.5 Å². The summed E-state index contributed by atoms with van der Waals surface area (Å²) in [7, 11) is 0. The maximum atomic E-state index is 11.8. The van der Waals surface area contributed by atoms with Gasteiger partial charge < -0.3 is 13.9 Å². The molecule has 0 unspecified atom stereocenters. The molecule has 1 aromatic carbocycles. The predicted molar refractivity (Wildman–Crippen MR) is 107 cm³/mol. The highest BCUT2D eigenvalue weighted by Gasteiger charge is 2.13. The molecule has 0 aliphatic heterocycles. The van der Waals surface area contributed by atoms with Crippen molar-refractivity contribution < 1.29 is 18.7 Å². The minimum absolute atomic E-state index is 0.0977. The van der Waals surface area contributed by atoms with Gasteiger partial charge in [-0.15, -0.1) is 0 Å². The highest BCUT2D eigenvalue weighted by atomic mass is 79.9. The van der Waals surface area contributed by atoms with E-state index >= 15 is 0 Å². The summed E-state index contributed by atoms with van der Waals surface area (Å²) in [5, 5.41) is 1.47. The largest absolute Gasteiger partial charge is 0.488 e.